The molecule has 0 bridgehead atoms. The summed E-state index contributed by atoms with van der Waals surface area (Å²) in [6, 6.07) is 0. The Hall–Kier alpha value is -1.34. The van der Waals surface area contributed by atoms with Crippen LogP contribution in [0.1, 0.15) is 64.7 Å². The number of aliphatic imine (C=N–C) groups is 1. The van der Waals surface area contributed by atoms with Gasteiger partial charge in [-0.05, 0) is 32.6 Å². The van der Waals surface area contributed by atoms with Gasteiger partial charge in [0.2, 0.25) is 5.91 Å². The molecule has 2 N–H and O–H groups in total. The molecule has 7 heteroatoms. The molecule has 0 aromatic carbocycles. The Bertz CT molecular complexity index is 531. The summed E-state index contributed by atoms with van der Waals surface area (Å²) < 4.78 is 0. The van der Waals surface area contributed by atoms with E-state index in [0.29, 0.717) is 19.0 Å². The zero-order valence-electron chi connectivity index (χ0n) is 18.4. The van der Waals surface area contributed by atoms with E-state index in [9.17, 15) is 9.90 Å². The highest BCUT2D eigenvalue weighted by molar-refractivity contribution is 5.80. The quantitative estimate of drug-likeness (QED) is 0.536. The van der Waals surface area contributed by atoms with Crippen LogP contribution in [0.4, 0.5) is 0 Å². The van der Waals surface area contributed by atoms with Crippen molar-refractivity contribution in [3.05, 3.63) is 0 Å². The maximum absolute atomic E-state index is 12.7. The lowest BCUT2D eigenvalue weighted by Gasteiger charge is -2.37. The lowest BCUT2D eigenvalue weighted by atomic mass is 9.85. The number of aliphatic hydroxyl groups is 1. The topological polar surface area (TPSA) is 71.4 Å². The molecule has 3 aliphatic rings. The molecule has 3 rings (SSSR count). The first-order chi connectivity index (χ1) is 14.1. The van der Waals surface area contributed by atoms with Gasteiger partial charge < -0.3 is 20.2 Å². The molecule has 0 radical (unpaired) electrons. The number of likely N-dealkylation sites (tertiary alicyclic amines) is 1. The van der Waals surface area contributed by atoms with Gasteiger partial charge in [-0.1, -0.05) is 32.1 Å². The predicted molar refractivity (Wildman–Crippen MR) is 117 cm³/mol. The summed E-state index contributed by atoms with van der Waals surface area (Å²) in [5.74, 6) is 1.20. The normalized spacial score (nSPS) is 24.3. The van der Waals surface area contributed by atoms with Crippen LogP contribution in [0, 0.1) is 0 Å². The number of guanidine groups is 1. The summed E-state index contributed by atoms with van der Waals surface area (Å²) in [4.78, 5) is 24.1. The number of nitrogens with one attached hydrogen (secondary N) is 1. The van der Waals surface area contributed by atoms with Crippen molar-refractivity contribution in [2.45, 2.75) is 70.3 Å². The molecule has 3 fully saturated rings. The molecule has 2 heterocycles. The molecule has 0 unspecified atom stereocenters. The second kappa shape index (κ2) is 11.2. The highest BCUT2D eigenvalue weighted by Gasteiger charge is 2.30. The van der Waals surface area contributed by atoms with Crippen LogP contribution in [-0.2, 0) is 4.79 Å². The minimum Gasteiger partial charge on any atom is -0.388 e. The van der Waals surface area contributed by atoms with Crippen molar-refractivity contribution >= 4 is 11.9 Å². The lowest BCUT2D eigenvalue weighted by Crippen LogP contribution is -2.54. The van der Waals surface area contributed by atoms with E-state index < -0.39 is 5.60 Å². The molecular formula is C22H41N5O2. The molecule has 0 aromatic rings. The van der Waals surface area contributed by atoms with Crippen molar-refractivity contribution < 1.29 is 9.90 Å². The van der Waals surface area contributed by atoms with Gasteiger partial charge in [0.1, 0.15) is 0 Å². The van der Waals surface area contributed by atoms with Crippen molar-refractivity contribution in [1.29, 1.82) is 0 Å². The Balaban J connectivity index is 1.47. The van der Waals surface area contributed by atoms with Crippen LogP contribution in [0.15, 0.2) is 4.99 Å². The van der Waals surface area contributed by atoms with Gasteiger partial charge in [-0.25, -0.2) is 0 Å². The van der Waals surface area contributed by atoms with Gasteiger partial charge in [0.05, 0.1) is 18.7 Å². The molecule has 0 atom stereocenters. The third-order valence-corrected chi connectivity index (χ3v) is 6.63. The van der Waals surface area contributed by atoms with Gasteiger partial charge in [0.15, 0.2) is 5.96 Å². The summed E-state index contributed by atoms with van der Waals surface area (Å²) in [6.45, 7) is 9.31. The first-order valence-electron chi connectivity index (χ1n) is 11.9. The molecule has 1 aliphatic carbocycles. The van der Waals surface area contributed by atoms with Gasteiger partial charge in [-0.15, -0.1) is 0 Å². The fraction of sp³-hybridized carbons (Fsp3) is 0.909. The van der Waals surface area contributed by atoms with Gasteiger partial charge in [-0.2, -0.15) is 0 Å². The zero-order chi connectivity index (χ0) is 20.5. The maximum Gasteiger partial charge on any atom is 0.236 e. The van der Waals surface area contributed by atoms with Gasteiger partial charge in [-0.3, -0.25) is 14.7 Å². The summed E-state index contributed by atoms with van der Waals surface area (Å²) in [6.07, 6.45) is 9.96. The number of nitrogens with zero attached hydrogens (tertiary/aromatic N) is 4. The number of hydrogen-bond acceptors (Lipinski definition) is 4. The van der Waals surface area contributed by atoms with Crippen molar-refractivity contribution in [3.63, 3.8) is 0 Å². The molecule has 1 saturated carbocycles. The first kappa shape index (κ1) is 22.3. The second-order valence-electron chi connectivity index (χ2n) is 9.01. The molecule has 166 valence electrons. The van der Waals surface area contributed by atoms with Crippen molar-refractivity contribution in [1.82, 2.24) is 20.0 Å². The van der Waals surface area contributed by atoms with Crippen LogP contribution in [0.25, 0.3) is 0 Å². The Morgan fingerprint density at radius 2 is 1.52 bits per heavy atom. The number of carbonyl (C=O) groups excluding carboxylic acids is 1. The van der Waals surface area contributed by atoms with Crippen LogP contribution in [0.5, 0.6) is 0 Å². The number of piperazine rings is 1. The van der Waals surface area contributed by atoms with Crippen molar-refractivity contribution in [3.8, 4) is 0 Å². The van der Waals surface area contributed by atoms with Gasteiger partial charge in [0, 0.05) is 45.8 Å². The minimum absolute atomic E-state index is 0.292. The Kier molecular flexibility index (Phi) is 8.60. The highest BCUT2D eigenvalue weighted by atomic mass is 16.3. The standard InChI is InChI=1S/C22H41N5O2/c1-2-23-21(24-19-22(29)10-6-5-7-11-22)27-16-14-25(15-17-27)18-20(28)26-12-8-3-4-9-13-26/h29H,2-19H2,1H3,(H,23,24). The third-order valence-electron chi connectivity index (χ3n) is 6.63. The fourth-order valence-corrected chi connectivity index (χ4v) is 4.75. The molecule has 29 heavy (non-hydrogen) atoms. The second-order valence-corrected chi connectivity index (χ2v) is 9.01. The highest BCUT2D eigenvalue weighted by Crippen LogP contribution is 2.28. The fourth-order valence-electron chi connectivity index (χ4n) is 4.75. The first-order valence-corrected chi connectivity index (χ1v) is 11.9. The molecular weight excluding hydrogens is 366 g/mol. The largest absolute Gasteiger partial charge is 0.388 e. The Morgan fingerprint density at radius 3 is 2.14 bits per heavy atom. The van der Waals surface area contributed by atoms with E-state index in [1.165, 1.54) is 19.3 Å². The maximum atomic E-state index is 12.7. The van der Waals surface area contributed by atoms with E-state index in [0.717, 1.165) is 90.3 Å². The molecule has 2 aliphatic heterocycles. The number of amides is 1. The minimum atomic E-state index is -0.625. The molecule has 0 aromatic heterocycles. The van der Waals surface area contributed by atoms with E-state index in [1.807, 2.05) is 0 Å². The SMILES string of the molecule is CCNC(=NCC1(O)CCCCC1)N1CCN(CC(=O)N2CCCCCC2)CC1. The number of hydrogen-bond donors (Lipinski definition) is 2. The summed E-state index contributed by atoms with van der Waals surface area (Å²) in [5.41, 5.74) is -0.625. The molecule has 1 amide bonds. The third kappa shape index (κ3) is 6.85. The summed E-state index contributed by atoms with van der Waals surface area (Å²) in [5, 5.41) is 14.2. The van der Waals surface area contributed by atoms with Crippen molar-refractivity contribution in [2.75, 3.05) is 58.9 Å². The average Bonchev–Trinajstić information content (AvgIpc) is 3.02. The van der Waals surface area contributed by atoms with E-state index >= 15 is 0 Å². The van der Waals surface area contributed by atoms with E-state index in [-0.39, 0.29) is 0 Å². The summed E-state index contributed by atoms with van der Waals surface area (Å²) in [7, 11) is 0. The van der Waals surface area contributed by atoms with Crippen LogP contribution in [0.2, 0.25) is 0 Å². The van der Waals surface area contributed by atoms with E-state index in [4.69, 9.17) is 4.99 Å². The number of carbonyl (C=O) groups is 1. The van der Waals surface area contributed by atoms with E-state index in [2.05, 4.69) is 26.9 Å². The number of rotatable bonds is 5. The molecule has 2 saturated heterocycles. The monoisotopic (exact) mass is 407 g/mol. The molecule has 7 nitrogen and oxygen atoms in total. The summed E-state index contributed by atoms with van der Waals surface area (Å²) >= 11 is 0. The zero-order valence-corrected chi connectivity index (χ0v) is 18.4. The van der Waals surface area contributed by atoms with Crippen LogP contribution in [-0.4, -0.2) is 96.2 Å². The van der Waals surface area contributed by atoms with Crippen LogP contribution in [0.3, 0.4) is 0 Å². The molecule has 0 spiro atoms. The Morgan fingerprint density at radius 1 is 0.897 bits per heavy atom. The average molecular weight is 408 g/mol. The van der Waals surface area contributed by atoms with Crippen molar-refractivity contribution in [2.24, 2.45) is 4.99 Å². The lowest BCUT2D eigenvalue weighted by molar-refractivity contribution is -0.132. The van der Waals surface area contributed by atoms with Crippen LogP contribution < -0.4 is 5.32 Å². The Labute approximate surface area is 176 Å². The van der Waals surface area contributed by atoms with Gasteiger partial charge >= 0.3 is 0 Å². The smallest absolute Gasteiger partial charge is 0.236 e. The van der Waals surface area contributed by atoms with Crippen LogP contribution >= 0.6 is 0 Å². The predicted octanol–water partition coefficient (Wildman–Crippen LogP) is 1.67. The van der Waals surface area contributed by atoms with E-state index in [1.54, 1.807) is 0 Å². The van der Waals surface area contributed by atoms with Gasteiger partial charge in [0.25, 0.3) is 0 Å².